The second-order valence-corrected chi connectivity index (χ2v) is 6.76. The van der Waals surface area contributed by atoms with E-state index in [1.807, 2.05) is 19.1 Å². The maximum absolute atomic E-state index is 12.9. The number of carbonyl (C=O) groups is 2. The van der Waals surface area contributed by atoms with Crippen LogP contribution in [0.15, 0.2) is 42.5 Å². The van der Waals surface area contributed by atoms with Gasteiger partial charge >= 0.3 is 12.0 Å². The number of hydrogen-bond donors (Lipinski definition) is 1. The van der Waals surface area contributed by atoms with Crippen LogP contribution in [0.5, 0.6) is 11.5 Å². The Morgan fingerprint density at radius 3 is 2.63 bits per heavy atom. The highest BCUT2D eigenvalue weighted by Crippen LogP contribution is 2.45. The van der Waals surface area contributed by atoms with E-state index < -0.39 is 11.7 Å². The summed E-state index contributed by atoms with van der Waals surface area (Å²) in [5.74, 6) is 0.928. The van der Waals surface area contributed by atoms with Gasteiger partial charge in [0, 0.05) is 17.7 Å². The Hall–Kier alpha value is -3.22. The molecule has 0 spiro atoms. The summed E-state index contributed by atoms with van der Waals surface area (Å²) in [6.07, 6.45) is 0.544. The van der Waals surface area contributed by atoms with Crippen molar-refractivity contribution in [2.75, 3.05) is 19.1 Å². The normalized spacial score (nSPS) is 23.0. The summed E-state index contributed by atoms with van der Waals surface area (Å²) >= 11 is 0. The predicted molar refractivity (Wildman–Crippen MR) is 98.2 cm³/mol. The van der Waals surface area contributed by atoms with E-state index >= 15 is 0 Å². The Kier molecular flexibility index (Phi) is 3.95. The summed E-state index contributed by atoms with van der Waals surface area (Å²) in [6.45, 7) is 1.89. The van der Waals surface area contributed by atoms with Crippen LogP contribution in [-0.4, -0.2) is 31.9 Å². The van der Waals surface area contributed by atoms with E-state index in [1.54, 1.807) is 42.3 Å². The van der Waals surface area contributed by atoms with Crippen molar-refractivity contribution in [2.45, 2.75) is 25.1 Å². The lowest BCUT2D eigenvalue weighted by Gasteiger charge is -2.50. The van der Waals surface area contributed by atoms with Crippen molar-refractivity contribution in [2.24, 2.45) is 0 Å². The van der Waals surface area contributed by atoms with Gasteiger partial charge in [-0.3, -0.25) is 4.90 Å². The minimum absolute atomic E-state index is 0.245. The Labute approximate surface area is 156 Å². The number of benzene rings is 2. The summed E-state index contributed by atoms with van der Waals surface area (Å²) in [4.78, 5) is 26.3. The molecule has 1 fully saturated rings. The summed E-state index contributed by atoms with van der Waals surface area (Å²) in [5, 5.41) is 3.01. The maximum Gasteiger partial charge on any atom is 0.337 e. The fourth-order valence-corrected chi connectivity index (χ4v) is 3.74. The van der Waals surface area contributed by atoms with Crippen molar-refractivity contribution < 1.29 is 23.8 Å². The second-order valence-electron chi connectivity index (χ2n) is 6.76. The van der Waals surface area contributed by atoms with Crippen molar-refractivity contribution in [3.63, 3.8) is 0 Å². The summed E-state index contributed by atoms with van der Waals surface area (Å²) < 4.78 is 16.2. The molecule has 7 nitrogen and oxygen atoms in total. The van der Waals surface area contributed by atoms with Crippen LogP contribution in [0, 0.1) is 0 Å². The van der Waals surface area contributed by atoms with E-state index in [0.717, 1.165) is 5.56 Å². The molecule has 7 heteroatoms. The quantitative estimate of drug-likeness (QED) is 0.842. The third-order valence-corrected chi connectivity index (χ3v) is 5.02. The average Bonchev–Trinajstić information content (AvgIpc) is 2.67. The molecule has 1 saturated heterocycles. The molecule has 140 valence electrons. The molecule has 2 aromatic rings. The largest absolute Gasteiger partial charge is 0.497 e. The average molecular weight is 368 g/mol. The van der Waals surface area contributed by atoms with Crippen LogP contribution in [0.3, 0.4) is 0 Å². The summed E-state index contributed by atoms with van der Waals surface area (Å²) in [7, 11) is 2.93. The van der Waals surface area contributed by atoms with Gasteiger partial charge < -0.3 is 19.5 Å². The van der Waals surface area contributed by atoms with Gasteiger partial charge in [0.25, 0.3) is 0 Å². The molecular weight excluding hydrogens is 348 g/mol. The van der Waals surface area contributed by atoms with Gasteiger partial charge in [-0.05, 0) is 49.4 Å². The fourth-order valence-electron chi connectivity index (χ4n) is 3.74. The molecule has 2 amide bonds. The summed E-state index contributed by atoms with van der Waals surface area (Å²) in [6, 6.07) is 11.9. The van der Waals surface area contributed by atoms with Gasteiger partial charge in [-0.25, -0.2) is 9.59 Å². The van der Waals surface area contributed by atoms with Crippen molar-refractivity contribution in [3.8, 4) is 11.5 Å². The van der Waals surface area contributed by atoms with E-state index in [-0.39, 0.29) is 12.1 Å². The molecule has 2 heterocycles. The number of urea groups is 1. The van der Waals surface area contributed by atoms with E-state index in [4.69, 9.17) is 14.2 Å². The predicted octanol–water partition coefficient (Wildman–Crippen LogP) is 3.25. The zero-order chi connectivity index (χ0) is 19.2. The number of rotatable bonds is 3. The Morgan fingerprint density at radius 1 is 1.22 bits per heavy atom. The molecule has 2 bridgehead atoms. The number of nitrogens with one attached hydrogen (secondary N) is 1. The smallest absolute Gasteiger partial charge is 0.337 e. The highest BCUT2D eigenvalue weighted by Gasteiger charge is 2.50. The topological polar surface area (TPSA) is 77.1 Å². The highest BCUT2D eigenvalue weighted by molar-refractivity contribution is 5.95. The van der Waals surface area contributed by atoms with Gasteiger partial charge in [-0.15, -0.1) is 0 Å². The van der Waals surface area contributed by atoms with Crippen LogP contribution >= 0.6 is 0 Å². The van der Waals surface area contributed by atoms with Crippen molar-refractivity contribution in [1.29, 1.82) is 0 Å². The number of fused-ring (bicyclic) bond motifs is 4. The molecule has 2 aliphatic rings. The monoisotopic (exact) mass is 368 g/mol. The molecule has 2 atom stereocenters. The standard InChI is InChI=1S/C20H20N2O5/c1-20-11-16(15-10-12(18(23)26-3)4-9-17(15)27-20)21-19(24)22(20)13-5-7-14(25-2)8-6-13/h4-10,16H,11H2,1-3H3,(H,21,24). The van der Waals surface area contributed by atoms with Crippen LogP contribution in [0.1, 0.15) is 35.3 Å². The van der Waals surface area contributed by atoms with Crippen LogP contribution < -0.4 is 19.7 Å². The fraction of sp³-hybridized carbons (Fsp3) is 0.300. The molecule has 0 radical (unpaired) electrons. The van der Waals surface area contributed by atoms with E-state index in [0.29, 0.717) is 29.2 Å². The van der Waals surface area contributed by atoms with Crippen molar-refractivity contribution >= 4 is 17.7 Å². The van der Waals surface area contributed by atoms with Gasteiger partial charge in [0.2, 0.25) is 0 Å². The second kappa shape index (κ2) is 6.19. The zero-order valence-electron chi connectivity index (χ0n) is 15.3. The van der Waals surface area contributed by atoms with Gasteiger partial charge in [0.05, 0.1) is 25.8 Å². The van der Waals surface area contributed by atoms with Crippen molar-refractivity contribution in [1.82, 2.24) is 5.32 Å². The third-order valence-electron chi connectivity index (χ3n) is 5.02. The lowest BCUT2D eigenvalue weighted by atomic mass is 9.89. The molecule has 2 aromatic carbocycles. The number of methoxy groups -OCH3 is 2. The number of carbonyl (C=O) groups excluding carboxylic acids is 2. The first-order valence-electron chi connectivity index (χ1n) is 8.61. The Balaban J connectivity index is 1.72. The van der Waals surface area contributed by atoms with Gasteiger partial charge in [0.15, 0.2) is 5.72 Å². The van der Waals surface area contributed by atoms with Gasteiger partial charge in [-0.2, -0.15) is 0 Å². The number of ether oxygens (including phenoxy) is 3. The molecule has 1 N–H and O–H groups in total. The molecule has 0 aliphatic carbocycles. The first kappa shape index (κ1) is 17.2. The minimum atomic E-state index is -0.846. The van der Waals surface area contributed by atoms with Gasteiger partial charge in [-0.1, -0.05) is 0 Å². The maximum atomic E-state index is 12.9. The first-order valence-corrected chi connectivity index (χ1v) is 8.61. The Morgan fingerprint density at radius 2 is 1.96 bits per heavy atom. The lowest BCUT2D eigenvalue weighted by Crippen LogP contribution is -2.65. The van der Waals surface area contributed by atoms with Crippen LogP contribution in [0.25, 0.3) is 0 Å². The lowest BCUT2D eigenvalue weighted by molar-refractivity contribution is 0.0377. The zero-order valence-corrected chi connectivity index (χ0v) is 15.3. The van der Waals surface area contributed by atoms with Crippen molar-refractivity contribution in [3.05, 3.63) is 53.6 Å². The van der Waals surface area contributed by atoms with Gasteiger partial charge in [0.1, 0.15) is 11.5 Å². The molecule has 0 saturated carbocycles. The van der Waals surface area contributed by atoms with E-state index in [1.165, 1.54) is 7.11 Å². The highest BCUT2D eigenvalue weighted by atomic mass is 16.5. The van der Waals surface area contributed by atoms with Crippen LogP contribution in [0.2, 0.25) is 0 Å². The number of nitrogens with zero attached hydrogens (tertiary/aromatic N) is 1. The molecule has 0 aromatic heterocycles. The number of amides is 2. The molecule has 2 unspecified atom stereocenters. The molecule has 2 aliphatic heterocycles. The minimum Gasteiger partial charge on any atom is -0.497 e. The summed E-state index contributed by atoms with van der Waals surface area (Å²) in [5.41, 5.74) is 1.07. The van der Waals surface area contributed by atoms with Crippen LogP contribution in [0.4, 0.5) is 10.5 Å². The number of esters is 1. The number of anilines is 1. The van der Waals surface area contributed by atoms with Crippen LogP contribution in [-0.2, 0) is 4.74 Å². The Bertz CT molecular complexity index is 911. The van der Waals surface area contributed by atoms with E-state index in [2.05, 4.69) is 5.32 Å². The number of hydrogen-bond acceptors (Lipinski definition) is 5. The molecule has 27 heavy (non-hydrogen) atoms. The molecule has 4 rings (SSSR count). The first-order chi connectivity index (χ1) is 12.9. The SMILES string of the molecule is COC(=O)c1ccc2c(c1)C1CC(C)(O2)N(c2ccc(OC)cc2)C(=O)N1. The van der Waals surface area contributed by atoms with E-state index in [9.17, 15) is 9.59 Å². The molecular formula is C20H20N2O5. The third kappa shape index (κ3) is 2.75.